The Labute approximate surface area is 222 Å². The van der Waals surface area contributed by atoms with Gasteiger partial charge in [-0.3, -0.25) is 5.41 Å². The quantitative estimate of drug-likeness (QED) is 0.136. The molecular formula is C30H34FN5O2. The zero-order chi connectivity index (χ0) is 27.2. The number of anilines is 1. The Morgan fingerprint density at radius 2 is 1.87 bits per heavy atom. The van der Waals surface area contributed by atoms with Gasteiger partial charge in [0.2, 0.25) is 0 Å². The average Bonchev–Trinajstić information content (AvgIpc) is 3.39. The van der Waals surface area contributed by atoms with E-state index in [4.69, 9.17) is 25.6 Å². The standard InChI is InChI=1S/C30H34FN5O2/c1-5-19-8-7-9-21(14-19)25-17-34-30(36-25)28(35-22-12-10-20(11-13-22)29(32)33)24-15-23(37-6-2)16-26(27(24)31)38-18(3)4/h7-18,28,35H,5-6H2,1-4H3,(H3,32,33)(H,34,36). The second kappa shape index (κ2) is 11.8. The number of rotatable bonds is 11. The highest BCUT2D eigenvalue weighted by Gasteiger charge is 2.26. The predicted molar refractivity (Wildman–Crippen MR) is 150 cm³/mol. The molecule has 4 rings (SSSR count). The minimum Gasteiger partial charge on any atom is -0.494 e. The molecule has 38 heavy (non-hydrogen) atoms. The Kier molecular flexibility index (Phi) is 8.31. The molecule has 0 spiro atoms. The van der Waals surface area contributed by atoms with Crippen LogP contribution in [0.4, 0.5) is 10.1 Å². The molecular weight excluding hydrogens is 481 g/mol. The van der Waals surface area contributed by atoms with Crippen LogP contribution >= 0.6 is 0 Å². The van der Waals surface area contributed by atoms with Crippen LogP contribution in [0.1, 0.15) is 56.3 Å². The third-order valence-electron chi connectivity index (χ3n) is 6.03. The number of benzene rings is 3. The lowest BCUT2D eigenvalue weighted by molar-refractivity contribution is 0.228. The monoisotopic (exact) mass is 515 g/mol. The van der Waals surface area contributed by atoms with E-state index in [1.807, 2.05) is 39.1 Å². The smallest absolute Gasteiger partial charge is 0.171 e. The van der Waals surface area contributed by atoms with Gasteiger partial charge in [0.25, 0.3) is 0 Å². The molecule has 0 saturated carbocycles. The molecule has 5 N–H and O–H groups in total. The molecule has 0 saturated heterocycles. The van der Waals surface area contributed by atoms with Crippen LogP contribution in [0.2, 0.25) is 0 Å². The maximum Gasteiger partial charge on any atom is 0.171 e. The molecule has 1 unspecified atom stereocenters. The second-order valence-corrected chi connectivity index (χ2v) is 9.22. The molecule has 7 nitrogen and oxygen atoms in total. The highest BCUT2D eigenvalue weighted by atomic mass is 19.1. The summed E-state index contributed by atoms with van der Waals surface area (Å²) in [4.78, 5) is 8.11. The first-order valence-electron chi connectivity index (χ1n) is 12.8. The second-order valence-electron chi connectivity index (χ2n) is 9.22. The van der Waals surface area contributed by atoms with E-state index in [9.17, 15) is 0 Å². The van der Waals surface area contributed by atoms with Gasteiger partial charge in [-0.15, -0.1) is 0 Å². The van der Waals surface area contributed by atoms with Crippen molar-refractivity contribution in [1.82, 2.24) is 9.97 Å². The molecule has 0 amide bonds. The van der Waals surface area contributed by atoms with Gasteiger partial charge in [-0.1, -0.05) is 25.1 Å². The zero-order valence-corrected chi connectivity index (χ0v) is 22.1. The number of H-pyrrole nitrogens is 1. The number of aromatic amines is 1. The van der Waals surface area contributed by atoms with Crippen molar-refractivity contribution in [1.29, 1.82) is 5.41 Å². The number of nitrogens with two attached hydrogens (primary N) is 1. The van der Waals surface area contributed by atoms with Crippen LogP contribution in [0.25, 0.3) is 11.3 Å². The summed E-state index contributed by atoms with van der Waals surface area (Å²) in [5.41, 5.74) is 10.2. The summed E-state index contributed by atoms with van der Waals surface area (Å²) in [7, 11) is 0. The molecule has 4 aromatic rings. The van der Waals surface area contributed by atoms with Crippen molar-refractivity contribution in [3.63, 3.8) is 0 Å². The van der Waals surface area contributed by atoms with Crippen molar-refractivity contribution >= 4 is 11.5 Å². The van der Waals surface area contributed by atoms with Gasteiger partial charge in [0.15, 0.2) is 11.6 Å². The lowest BCUT2D eigenvalue weighted by atomic mass is 10.0. The number of hydrogen-bond donors (Lipinski definition) is 4. The summed E-state index contributed by atoms with van der Waals surface area (Å²) in [5.74, 6) is 0.623. The zero-order valence-electron chi connectivity index (χ0n) is 22.1. The lowest BCUT2D eigenvalue weighted by Crippen LogP contribution is -2.18. The van der Waals surface area contributed by atoms with Gasteiger partial charge in [0, 0.05) is 34.6 Å². The minimum atomic E-state index is -0.698. The SMILES string of the molecule is CCOc1cc(OC(C)C)c(F)c(C(Nc2ccc(C(=N)N)cc2)c2nc(-c3cccc(CC)c3)c[nH]2)c1. The van der Waals surface area contributed by atoms with Gasteiger partial charge in [-0.2, -0.15) is 0 Å². The maximum atomic E-state index is 16.0. The molecule has 1 aromatic heterocycles. The fraction of sp³-hybridized carbons (Fsp3) is 0.267. The molecule has 0 radical (unpaired) electrons. The van der Waals surface area contributed by atoms with Gasteiger partial charge in [-0.05, 0) is 69.2 Å². The van der Waals surface area contributed by atoms with Crippen molar-refractivity contribution in [2.24, 2.45) is 5.73 Å². The van der Waals surface area contributed by atoms with Crippen molar-refractivity contribution < 1.29 is 13.9 Å². The van der Waals surface area contributed by atoms with Gasteiger partial charge in [-0.25, -0.2) is 9.37 Å². The van der Waals surface area contributed by atoms with E-state index in [-0.39, 0.29) is 17.7 Å². The van der Waals surface area contributed by atoms with E-state index in [0.717, 1.165) is 17.7 Å². The Balaban J connectivity index is 1.82. The third kappa shape index (κ3) is 6.14. The van der Waals surface area contributed by atoms with E-state index in [0.29, 0.717) is 35.0 Å². The van der Waals surface area contributed by atoms with Gasteiger partial charge < -0.3 is 25.5 Å². The maximum absolute atomic E-state index is 16.0. The van der Waals surface area contributed by atoms with E-state index >= 15 is 4.39 Å². The number of halogens is 1. The number of hydrogen-bond acceptors (Lipinski definition) is 5. The molecule has 0 bridgehead atoms. The van der Waals surface area contributed by atoms with E-state index < -0.39 is 11.9 Å². The topological polar surface area (TPSA) is 109 Å². The average molecular weight is 516 g/mol. The molecule has 0 aliphatic rings. The fourth-order valence-corrected chi connectivity index (χ4v) is 4.18. The summed E-state index contributed by atoms with van der Waals surface area (Å²) in [6.07, 6.45) is 2.52. The number of nitrogens with zero attached hydrogens (tertiary/aromatic N) is 1. The summed E-state index contributed by atoms with van der Waals surface area (Å²) < 4.78 is 27.5. The van der Waals surface area contributed by atoms with Crippen LogP contribution in [0.3, 0.4) is 0 Å². The van der Waals surface area contributed by atoms with Crippen LogP contribution in [-0.2, 0) is 6.42 Å². The van der Waals surface area contributed by atoms with E-state index in [2.05, 4.69) is 29.4 Å². The normalized spacial score (nSPS) is 11.8. The first-order chi connectivity index (χ1) is 18.3. The summed E-state index contributed by atoms with van der Waals surface area (Å²) in [5, 5.41) is 11.1. The number of nitrogens with one attached hydrogen (secondary N) is 3. The number of imidazole rings is 1. The molecule has 3 aromatic carbocycles. The minimum absolute atomic E-state index is 0.0241. The Morgan fingerprint density at radius 3 is 2.53 bits per heavy atom. The van der Waals surface area contributed by atoms with Gasteiger partial charge in [0.1, 0.15) is 23.5 Å². The van der Waals surface area contributed by atoms with Gasteiger partial charge in [0.05, 0.1) is 18.4 Å². The summed E-state index contributed by atoms with van der Waals surface area (Å²) in [6.45, 7) is 8.11. The summed E-state index contributed by atoms with van der Waals surface area (Å²) >= 11 is 0. The Morgan fingerprint density at radius 1 is 1.11 bits per heavy atom. The van der Waals surface area contributed by atoms with Crippen molar-refractivity contribution in [2.75, 3.05) is 11.9 Å². The van der Waals surface area contributed by atoms with E-state index in [1.54, 1.807) is 36.4 Å². The van der Waals surface area contributed by atoms with Gasteiger partial charge >= 0.3 is 0 Å². The lowest BCUT2D eigenvalue weighted by Gasteiger charge is -2.22. The number of aromatic nitrogens is 2. The number of nitrogen functional groups attached to an aromatic ring is 1. The van der Waals surface area contributed by atoms with E-state index in [1.165, 1.54) is 5.56 Å². The van der Waals surface area contributed by atoms with Crippen LogP contribution in [0.5, 0.6) is 11.5 Å². The molecule has 0 fully saturated rings. The van der Waals surface area contributed by atoms with Crippen molar-refractivity contribution in [2.45, 2.75) is 46.3 Å². The first kappa shape index (κ1) is 26.7. The number of ether oxygens (including phenoxy) is 2. The van der Waals surface area contributed by atoms with Crippen LogP contribution in [0, 0.1) is 11.2 Å². The molecule has 1 atom stereocenters. The molecule has 198 valence electrons. The largest absolute Gasteiger partial charge is 0.494 e. The molecule has 0 aliphatic heterocycles. The Hall–Kier alpha value is -4.33. The van der Waals surface area contributed by atoms with Crippen LogP contribution < -0.4 is 20.5 Å². The van der Waals surface area contributed by atoms with Crippen LogP contribution in [-0.4, -0.2) is 28.5 Å². The van der Waals surface area contributed by atoms with Crippen molar-refractivity contribution in [3.8, 4) is 22.8 Å². The molecule has 1 heterocycles. The Bertz CT molecular complexity index is 1400. The molecule has 8 heteroatoms. The predicted octanol–water partition coefficient (Wildman–Crippen LogP) is 6.45. The number of aryl methyl sites for hydroxylation is 1. The summed E-state index contributed by atoms with van der Waals surface area (Å²) in [6, 6.07) is 17.8. The number of amidine groups is 1. The van der Waals surface area contributed by atoms with Crippen LogP contribution in [0.15, 0.2) is 66.9 Å². The highest BCUT2D eigenvalue weighted by Crippen LogP contribution is 2.36. The first-order valence-corrected chi connectivity index (χ1v) is 12.8. The highest BCUT2D eigenvalue weighted by molar-refractivity contribution is 5.95. The fourth-order valence-electron chi connectivity index (χ4n) is 4.18. The van der Waals surface area contributed by atoms with Crippen molar-refractivity contribution in [3.05, 3.63) is 95.2 Å². The third-order valence-corrected chi connectivity index (χ3v) is 6.03. The molecule has 0 aliphatic carbocycles.